The molecule has 1 aromatic heterocycles. The van der Waals surface area contributed by atoms with Crippen LogP contribution in [0.3, 0.4) is 0 Å². The number of nitriles is 1. The monoisotopic (exact) mass is 178 g/mol. The summed E-state index contributed by atoms with van der Waals surface area (Å²) >= 11 is 0. The van der Waals surface area contributed by atoms with Crippen molar-refractivity contribution in [1.82, 2.24) is 4.98 Å². The molecule has 1 N–H and O–H groups in total. The van der Waals surface area contributed by atoms with Gasteiger partial charge in [-0.1, -0.05) is 5.43 Å². The molecule has 0 aliphatic carbocycles. The average Bonchev–Trinajstić information content (AvgIpc) is 2.07. The van der Waals surface area contributed by atoms with Gasteiger partial charge in [0.05, 0.1) is 11.6 Å². The number of aromatic nitrogens is 1. The largest absolute Gasteiger partial charge is 0.234 e. The van der Waals surface area contributed by atoms with Crippen molar-refractivity contribution in [3.8, 4) is 6.07 Å². The zero-order valence-corrected chi connectivity index (χ0v) is 6.81. The summed E-state index contributed by atoms with van der Waals surface area (Å²) < 4.78 is 0. The minimum absolute atomic E-state index is 0.0622. The van der Waals surface area contributed by atoms with E-state index in [-0.39, 0.29) is 5.82 Å². The van der Waals surface area contributed by atoms with Gasteiger partial charge in [-0.3, -0.25) is 0 Å². The highest BCUT2D eigenvalue weighted by Gasteiger charge is 2.04. The third kappa shape index (κ3) is 2.13. The fraction of sp³-hybridized carbons (Fsp3) is 0.143. The van der Waals surface area contributed by atoms with E-state index in [1.807, 2.05) is 11.5 Å². The van der Waals surface area contributed by atoms with Crippen molar-refractivity contribution in [3.05, 3.63) is 33.5 Å². The summed E-state index contributed by atoms with van der Waals surface area (Å²) in [6, 6.07) is 3.24. The van der Waals surface area contributed by atoms with Gasteiger partial charge >= 0.3 is 0 Å². The molecule has 0 fully saturated rings. The lowest BCUT2D eigenvalue weighted by Gasteiger charge is -1.98. The Balaban J connectivity index is 3.01. The maximum Gasteiger partial charge on any atom is 0.191 e. The molecule has 66 valence electrons. The summed E-state index contributed by atoms with van der Waals surface area (Å²) in [4.78, 5) is 13.7. The first kappa shape index (κ1) is 8.93. The highest BCUT2D eigenvalue weighted by Crippen LogP contribution is 2.10. The van der Waals surface area contributed by atoms with Crippen LogP contribution in [-0.4, -0.2) is 10.0 Å². The number of aryl methyl sites for hydroxylation is 1. The van der Waals surface area contributed by atoms with Gasteiger partial charge in [-0.2, -0.15) is 5.26 Å². The third-order valence-electron chi connectivity index (χ3n) is 1.43. The minimum atomic E-state index is -0.723. The topological polar surface area (TPSA) is 91.8 Å². The van der Waals surface area contributed by atoms with Gasteiger partial charge < -0.3 is 0 Å². The molecule has 0 saturated carbocycles. The second-order valence-corrected chi connectivity index (χ2v) is 2.37. The van der Waals surface area contributed by atoms with E-state index in [0.717, 1.165) is 0 Å². The average molecular weight is 178 g/mol. The molecular formula is C7H6N4O2. The lowest BCUT2D eigenvalue weighted by atomic mass is 10.2. The van der Waals surface area contributed by atoms with Gasteiger partial charge in [-0.05, 0) is 12.5 Å². The van der Waals surface area contributed by atoms with Crippen LogP contribution in [0.4, 0.5) is 5.82 Å². The molecule has 0 bridgehead atoms. The standard InChI is InChI=1S/C7H6N4O2/c1-5-4-9-7(10-11(12)13)2-6(5)3-8/h2,4H,1H3,(H,9,10). The second kappa shape index (κ2) is 3.49. The Bertz CT molecular complexity index is 383. The number of nitrogens with zero attached hydrogens (tertiary/aromatic N) is 3. The van der Waals surface area contributed by atoms with Crippen LogP contribution in [0.1, 0.15) is 11.1 Å². The lowest BCUT2D eigenvalue weighted by Crippen LogP contribution is -2.09. The Morgan fingerprint density at radius 2 is 2.46 bits per heavy atom. The number of pyridine rings is 1. The molecule has 6 heteroatoms. The Hall–Kier alpha value is -2.16. The highest BCUT2D eigenvalue weighted by atomic mass is 16.7. The predicted molar refractivity (Wildman–Crippen MR) is 44.3 cm³/mol. The van der Waals surface area contributed by atoms with Crippen LogP contribution in [0.5, 0.6) is 0 Å². The van der Waals surface area contributed by atoms with Gasteiger partial charge in [0.15, 0.2) is 10.9 Å². The van der Waals surface area contributed by atoms with Crippen LogP contribution in [0.25, 0.3) is 0 Å². The summed E-state index contributed by atoms with van der Waals surface area (Å²) in [6.45, 7) is 1.71. The van der Waals surface area contributed by atoms with Gasteiger partial charge in [0, 0.05) is 12.3 Å². The number of anilines is 1. The molecule has 0 radical (unpaired) electrons. The van der Waals surface area contributed by atoms with Crippen LogP contribution in [0, 0.1) is 28.4 Å². The number of hydrogen-bond donors (Lipinski definition) is 1. The van der Waals surface area contributed by atoms with Crippen molar-refractivity contribution >= 4 is 5.82 Å². The van der Waals surface area contributed by atoms with E-state index in [0.29, 0.717) is 11.1 Å². The molecule has 0 unspecified atom stereocenters. The fourth-order valence-corrected chi connectivity index (χ4v) is 0.799. The van der Waals surface area contributed by atoms with Crippen molar-refractivity contribution in [2.75, 3.05) is 5.43 Å². The lowest BCUT2D eigenvalue weighted by molar-refractivity contribution is -0.445. The van der Waals surface area contributed by atoms with Gasteiger partial charge in [0.1, 0.15) is 0 Å². The van der Waals surface area contributed by atoms with E-state index >= 15 is 0 Å². The fourth-order valence-electron chi connectivity index (χ4n) is 0.799. The zero-order valence-electron chi connectivity index (χ0n) is 6.81. The van der Waals surface area contributed by atoms with Gasteiger partial charge in [-0.15, -0.1) is 0 Å². The van der Waals surface area contributed by atoms with Crippen LogP contribution in [0.15, 0.2) is 12.3 Å². The van der Waals surface area contributed by atoms with E-state index in [4.69, 9.17) is 5.26 Å². The number of nitro groups is 1. The molecule has 13 heavy (non-hydrogen) atoms. The molecule has 0 aliphatic heterocycles. The molecular weight excluding hydrogens is 172 g/mol. The minimum Gasteiger partial charge on any atom is -0.234 e. The smallest absolute Gasteiger partial charge is 0.191 e. The second-order valence-electron chi connectivity index (χ2n) is 2.37. The van der Waals surface area contributed by atoms with Crippen LogP contribution in [-0.2, 0) is 0 Å². The predicted octanol–water partition coefficient (Wildman–Crippen LogP) is 0.865. The van der Waals surface area contributed by atoms with Crippen molar-refractivity contribution in [3.63, 3.8) is 0 Å². The number of nitrogens with one attached hydrogen (secondary N) is 1. The molecule has 0 aromatic carbocycles. The summed E-state index contributed by atoms with van der Waals surface area (Å²) in [7, 11) is 0. The number of hydrazine groups is 1. The normalized spacial score (nSPS) is 8.92. The van der Waals surface area contributed by atoms with Crippen LogP contribution >= 0.6 is 0 Å². The van der Waals surface area contributed by atoms with E-state index in [1.165, 1.54) is 12.3 Å². The SMILES string of the molecule is Cc1cnc(N[N+](=O)[O-])cc1C#N. The number of hydrogen-bond acceptors (Lipinski definition) is 4. The first-order chi connectivity index (χ1) is 6.13. The molecule has 1 heterocycles. The van der Waals surface area contributed by atoms with Gasteiger partial charge in [0.25, 0.3) is 0 Å². The van der Waals surface area contributed by atoms with E-state index < -0.39 is 5.03 Å². The van der Waals surface area contributed by atoms with Crippen molar-refractivity contribution < 1.29 is 5.03 Å². The molecule has 0 aliphatic rings. The molecule has 1 aromatic rings. The first-order valence-electron chi connectivity index (χ1n) is 3.41. The first-order valence-corrected chi connectivity index (χ1v) is 3.41. The molecule has 0 atom stereocenters. The molecule has 0 spiro atoms. The maximum atomic E-state index is 10.0. The Morgan fingerprint density at radius 1 is 1.77 bits per heavy atom. The molecule has 1 rings (SSSR count). The molecule has 6 nitrogen and oxygen atoms in total. The zero-order chi connectivity index (χ0) is 9.84. The molecule has 0 saturated heterocycles. The highest BCUT2D eigenvalue weighted by molar-refractivity contribution is 5.44. The van der Waals surface area contributed by atoms with Crippen LogP contribution in [0.2, 0.25) is 0 Å². The summed E-state index contributed by atoms with van der Waals surface area (Å²) in [5.41, 5.74) is 2.93. The van der Waals surface area contributed by atoms with Crippen molar-refractivity contribution in [2.45, 2.75) is 6.92 Å². The van der Waals surface area contributed by atoms with E-state index in [1.54, 1.807) is 6.92 Å². The van der Waals surface area contributed by atoms with E-state index in [9.17, 15) is 10.1 Å². The Kier molecular flexibility index (Phi) is 2.40. The van der Waals surface area contributed by atoms with Crippen molar-refractivity contribution in [2.24, 2.45) is 0 Å². The number of rotatable bonds is 2. The van der Waals surface area contributed by atoms with Gasteiger partial charge in [0.2, 0.25) is 0 Å². The Labute approximate surface area is 73.9 Å². The van der Waals surface area contributed by atoms with Crippen molar-refractivity contribution in [1.29, 1.82) is 5.26 Å². The third-order valence-corrected chi connectivity index (χ3v) is 1.43. The Morgan fingerprint density at radius 3 is 3.00 bits per heavy atom. The van der Waals surface area contributed by atoms with Crippen LogP contribution < -0.4 is 5.43 Å². The van der Waals surface area contributed by atoms with Gasteiger partial charge in [-0.25, -0.2) is 15.1 Å². The summed E-state index contributed by atoms with van der Waals surface area (Å²) in [6.07, 6.45) is 1.41. The quantitative estimate of drug-likeness (QED) is 0.535. The molecule has 0 amide bonds. The summed E-state index contributed by atoms with van der Waals surface area (Å²) in [5, 5.41) is 17.9. The summed E-state index contributed by atoms with van der Waals surface area (Å²) in [5.74, 6) is 0.0622. The maximum absolute atomic E-state index is 10.0. The van der Waals surface area contributed by atoms with E-state index in [2.05, 4.69) is 4.98 Å².